The van der Waals surface area contributed by atoms with Crippen molar-refractivity contribution < 1.29 is 5.11 Å². The van der Waals surface area contributed by atoms with Gasteiger partial charge in [-0.25, -0.2) is 4.98 Å². The van der Waals surface area contributed by atoms with Gasteiger partial charge in [0.05, 0.1) is 18.1 Å². The Kier molecular flexibility index (Phi) is 2.11. The lowest BCUT2D eigenvalue weighted by Gasteiger charge is -2.14. The van der Waals surface area contributed by atoms with Gasteiger partial charge in [0, 0.05) is 0 Å². The summed E-state index contributed by atoms with van der Waals surface area (Å²) < 4.78 is 0. The highest BCUT2D eigenvalue weighted by Gasteiger charge is 2.17. The molecule has 0 aliphatic rings. The third-order valence-corrected chi connectivity index (χ3v) is 1.43. The minimum atomic E-state index is -0.958. The highest BCUT2D eigenvalue weighted by molar-refractivity contribution is 5.22. The van der Waals surface area contributed by atoms with Crippen molar-refractivity contribution in [2.45, 2.75) is 19.4 Å². The monoisotopic (exact) mass is 162 g/mol. The van der Waals surface area contributed by atoms with E-state index in [1.807, 2.05) is 0 Å². The number of nitrogens with zero attached hydrogens (tertiary/aromatic N) is 2. The zero-order chi connectivity index (χ0) is 9.19. The van der Waals surface area contributed by atoms with Crippen LogP contribution in [0.15, 0.2) is 12.4 Å². The van der Waals surface area contributed by atoms with Gasteiger partial charge in [0.2, 0.25) is 0 Å². The van der Waals surface area contributed by atoms with Crippen molar-refractivity contribution in [1.82, 2.24) is 9.97 Å². The van der Waals surface area contributed by atoms with E-state index in [0.717, 1.165) is 0 Å². The molecule has 0 aliphatic heterocycles. The molecule has 0 atom stereocenters. The van der Waals surface area contributed by atoms with Crippen LogP contribution < -0.4 is 0 Å². The predicted molar refractivity (Wildman–Crippen MR) is 45.2 cm³/mol. The number of rotatable bonds is 1. The van der Waals surface area contributed by atoms with Gasteiger partial charge in [-0.3, -0.25) is 4.98 Å². The summed E-state index contributed by atoms with van der Waals surface area (Å²) in [5.74, 6) is 2.35. The molecule has 0 saturated heterocycles. The Bertz CT molecular complexity index is 303. The Morgan fingerprint density at radius 3 is 2.42 bits per heavy atom. The summed E-state index contributed by atoms with van der Waals surface area (Å²) in [6.07, 6.45) is 8.04. The molecule has 3 heteroatoms. The third-order valence-electron chi connectivity index (χ3n) is 1.43. The van der Waals surface area contributed by atoms with Gasteiger partial charge >= 0.3 is 0 Å². The number of aromatic nitrogens is 2. The van der Waals surface area contributed by atoms with Crippen LogP contribution >= 0.6 is 0 Å². The highest BCUT2D eigenvalue weighted by Crippen LogP contribution is 2.14. The molecule has 0 bridgehead atoms. The smallest absolute Gasteiger partial charge is 0.131 e. The second-order valence-electron chi connectivity index (χ2n) is 2.99. The molecule has 1 aromatic heterocycles. The summed E-state index contributed by atoms with van der Waals surface area (Å²) in [6.45, 7) is 3.29. The lowest BCUT2D eigenvalue weighted by atomic mass is 10.1. The maximum Gasteiger partial charge on any atom is 0.131 e. The van der Waals surface area contributed by atoms with Gasteiger partial charge in [0.25, 0.3) is 0 Å². The van der Waals surface area contributed by atoms with E-state index in [1.165, 1.54) is 12.4 Å². The van der Waals surface area contributed by atoms with Crippen LogP contribution in [0, 0.1) is 12.3 Å². The molecule has 0 fully saturated rings. The van der Waals surface area contributed by atoms with Crippen LogP contribution in [0.2, 0.25) is 0 Å². The molecule has 3 nitrogen and oxygen atoms in total. The molecule has 62 valence electrons. The zero-order valence-electron chi connectivity index (χ0n) is 7.07. The van der Waals surface area contributed by atoms with Gasteiger partial charge in [-0.2, -0.15) is 0 Å². The van der Waals surface area contributed by atoms with Crippen molar-refractivity contribution in [2.75, 3.05) is 0 Å². The lowest BCUT2D eigenvalue weighted by Crippen LogP contribution is -2.17. The van der Waals surface area contributed by atoms with Crippen LogP contribution in [-0.2, 0) is 5.60 Å². The topological polar surface area (TPSA) is 46.0 Å². The van der Waals surface area contributed by atoms with E-state index >= 15 is 0 Å². The van der Waals surface area contributed by atoms with Crippen molar-refractivity contribution in [1.29, 1.82) is 0 Å². The molecule has 1 rings (SSSR count). The van der Waals surface area contributed by atoms with Crippen LogP contribution in [0.4, 0.5) is 0 Å². The van der Waals surface area contributed by atoms with Gasteiger partial charge in [-0.15, -0.1) is 6.42 Å². The molecular formula is C9H10N2O. The number of hydrogen-bond donors (Lipinski definition) is 1. The van der Waals surface area contributed by atoms with Crippen LogP contribution in [0.25, 0.3) is 0 Å². The summed E-state index contributed by atoms with van der Waals surface area (Å²) >= 11 is 0. The minimum absolute atomic E-state index is 0.475. The van der Waals surface area contributed by atoms with Gasteiger partial charge < -0.3 is 5.11 Å². The van der Waals surface area contributed by atoms with Crippen LogP contribution in [0.5, 0.6) is 0 Å². The largest absolute Gasteiger partial charge is 0.384 e. The Morgan fingerprint density at radius 2 is 2.08 bits per heavy atom. The lowest BCUT2D eigenvalue weighted by molar-refractivity contribution is 0.0734. The van der Waals surface area contributed by atoms with Gasteiger partial charge in [0.1, 0.15) is 11.3 Å². The molecule has 0 unspecified atom stereocenters. The SMILES string of the molecule is C#Cc1cnc(C(C)(C)O)cn1. The van der Waals surface area contributed by atoms with Gasteiger partial charge in [0.15, 0.2) is 0 Å². The molecule has 0 aliphatic carbocycles. The first-order valence-electron chi connectivity index (χ1n) is 3.55. The molecular weight excluding hydrogens is 152 g/mol. The van der Waals surface area contributed by atoms with E-state index in [-0.39, 0.29) is 0 Å². The summed E-state index contributed by atoms with van der Waals surface area (Å²) in [7, 11) is 0. The summed E-state index contributed by atoms with van der Waals surface area (Å²) in [4.78, 5) is 7.87. The quantitative estimate of drug-likeness (QED) is 0.618. The van der Waals surface area contributed by atoms with Crippen LogP contribution in [-0.4, -0.2) is 15.1 Å². The number of terminal acetylenes is 1. The molecule has 0 amide bonds. The van der Waals surface area contributed by atoms with Crippen molar-refractivity contribution in [3.05, 3.63) is 23.8 Å². The van der Waals surface area contributed by atoms with E-state index in [4.69, 9.17) is 6.42 Å². The van der Waals surface area contributed by atoms with Crippen molar-refractivity contribution in [3.63, 3.8) is 0 Å². The highest BCUT2D eigenvalue weighted by atomic mass is 16.3. The van der Waals surface area contributed by atoms with Crippen LogP contribution in [0.3, 0.4) is 0 Å². The Morgan fingerprint density at radius 1 is 1.42 bits per heavy atom. The summed E-state index contributed by atoms with van der Waals surface area (Å²) in [5.41, 5.74) is 0.0321. The first kappa shape index (κ1) is 8.69. The van der Waals surface area contributed by atoms with Crippen molar-refractivity contribution >= 4 is 0 Å². The van der Waals surface area contributed by atoms with Crippen LogP contribution in [0.1, 0.15) is 25.2 Å². The predicted octanol–water partition coefficient (Wildman–Crippen LogP) is 0.685. The Balaban J connectivity index is 3.02. The molecule has 12 heavy (non-hydrogen) atoms. The van der Waals surface area contributed by atoms with Gasteiger partial charge in [-0.05, 0) is 19.8 Å². The normalized spacial score (nSPS) is 10.8. The van der Waals surface area contributed by atoms with E-state index in [0.29, 0.717) is 11.4 Å². The Labute approximate surface area is 71.5 Å². The average molecular weight is 162 g/mol. The summed E-state index contributed by atoms with van der Waals surface area (Å²) in [5, 5.41) is 9.50. The molecule has 1 N–H and O–H groups in total. The number of aliphatic hydroxyl groups is 1. The molecule has 0 saturated carbocycles. The Hall–Kier alpha value is -1.40. The molecule has 1 aromatic rings. The molecule has 0 aromatic carbocycles. The second kappa shape index (κ2) is 2.92. The minimum Gasteiger partial charge on any atom is -0.384 e. The number of hydrogen-bond acceptors (Lipinski definition) is 3. The fraction of sp³-hybridized carbons (Fsp3) is 0.333. The van der Waals surface area contributed by atoms with Gasteiger partial charge in [-0.1, -0.05) is 0 Å². The van der Waals surface area contributed by atoms with Crippen molar-refractivity contribution in [3.8, 4) is 12.3 Å². The van der Waals surface area contributed by atoms with Crippen molar-refractivity contribution in [2.24, 2.45) is 0 Å². The first-order valence-corrected chi connectivity index (χ1v) is 3.55. The van der Waals surface area contributed by atoms with E-state index in [2.05, 4.69) is 15.9 Å². The first-order chi connectivity index (χ1) is 5.54. The molecule has 0 radical (unpaired) electrons. The molecule has 1 heterocycles. The standard InChI is InChI=1S/C9H10N2O/c1-4-7-5-11-8(6-10-7)9(2,3)12/h1,5-6,12H,2-3H3. The van der Waals surface area contributed by atoms with E-state index in [1.54, 1.807) is 13.8 Å². The van der Waals surface area contributed by atoms with E-state index in [9.17, 15) is 5.11 Å². The fourth-order valence-electron chi connectivity index (χ4n) is 0.719. The second-order valence-corrected chi connectivity index (χ2v) is 2.99. The maximum atomic E-state index is 9.50. The fourth-order valence-corrected chi connectivity index (χ4v) is 0.719. The third kappa shape index (κ3) is 1.80. The summed E-state index contributed by atoms with van der Waals surface area (Å²) in [6, 6.07) is 0. The molecule has 0 spiro atoms. The average Bonchev–Trinajstić information content (AvgIpc) is 2.03. The maximum absolute atomic E-state index is 9.50. The van der Waals surface area contributed by atoms with E-state index < -0.39 is 5.60 Å². The zero-order valence-corrected chi connectivity index (χ0v) is 7.07.